The minimum absolute atomic E-state index is 0.0278. The summed E-state index contributed by atoms with van der Waals surface area (Å²) in [5.74, 6) is 1.36. The van der Waals surface area contributed by atoms with Gasteiger partial charge >= 0.3 is 0 Å². The van der Waals surface area contributed by atoms with Gasteiger partial charge in [-0.2, -0.15) is 0 Å². The zero-order valence-electron chi connectivity index (χ0n) is 8.91. The van der Waals surface area contributed by atoms with E-state index in [0.717, 1.165) is 24.0 Å². The van der Waals surface area contributed by atoms with Gasteiger partial charge in [0.2, 0.25) is 5.91 Å². The molecule has 1 N–H and O–H groups in total. The Hall–Kier alpha value is -1.22. The van der Waals surface area contributed by atoms with Crippen LogP contribution in [0.1, 0.15) is 12.8 Å². The summed E-state index contributed by atoms with van der Waals surface area (Å²) >= 11 is 5.39. The zero-order valence-corrected chi connectivity index (χ0v) is 9.67. The summed E-state index contributed by atoms with van der Waals surface area (Å²) in [5, 5.41) is 2.67. The maximum Gasteiger partial charge on any atom is 0.239 e. The highest BCUT2D eigenvalue weighted by molar-refractivity contribution is 6.29. The van der Waals surface area contributed by atoms with Crippen molar-refractivity contribution in [2.45, 2.75) is 12.8 Å². The molecule has 4 heteroatoms. The molecule has 1 saturated carbocycles. The Balaban J connectivity index is 1.85. The molecule has 0 atom stereocenters. The molecule has 1 fully saturated rings. The van der Waals surface area contributed by atoms with Gasteiger partial charge in [-0.1, -0.05) is 0 Å². The van der Waals surface area contributed by atoms with Crippen molar-refractivity contribution < 1.29 is 9.53 Å². The van der Waals surface area contributed by atoms with E-state index in [1.54, 1.807) is 0 Å². The minimum atomic E-state index is -0.201. The van der Waals surface area contributed by atoms with E-state index in [1.807, 2.05) is 24.3 Å². The van der Waals surface area contributed by atoms with Gasteiger partial charge in [-0.3, -0.25) is 4.79 Å². The first kappa shape index (κ1) is 11.3. The molecule has 1 aliphatic rings. The van der Waals surface area contributed by atoms with Gasteiger partial charge in [0.1, 0.15) is 11.6 Å². The highest BCUT2D eigenvalue weighted by atomic mass is 35.5. The van der Waals surface area contributed by atoms with Crippen molar-refractivity contribution in [1.82, 2.24) is 0 Å². The number of hydrogen-bond acceptors (Lipinski definition) is 2. The Morgan fingerprint density at radius 1 is 1.38 bits per heavy atom. The van der Waals surface area contributed by atoms with Crippen molar-refractivity contribution >= 4 is 23.2 Å². The van der Waals surface area contributed by atoms with Gasteiger partial charge in [0.05, 0.1) is 6.61 Å². The molecule has 0 aliphatic heterocycles. The third kappa shape index (κ3) is 3.42. The van der Waals surface area contributed by atoms with Crippen LogP contribution in [0.15, 0.2) is 24.3 Å². The maximum absolute atomic E-state index is 11.0. The standard InChI is InChI=1S/C12H14ClNO2/c13-7-12(15)14-10-3-5-11(6-4-10)16-8-9-1-2-9/h3-6,9H,1-2,7-8H2,(H,14,15). The summed E-state index contributed by atoms with van der Waals surface area (Å²) < 4.78 is 5.58. The number of ether oxygens (including phenoxy) is 1. The monoisotopic (exact) mass is 239 g/mol. The van der Waals surface area contributed by atoms with Gasteiger partial charge in [0, 0.05) is 5.69 Å². The molecule has 1 aromatic rings. The number of alkyl halides is 1. The average Bonchev–Trinajstić information content (AvgIpc) is 3.12. The molecule has 1 amide bonds. The molecular weight excluding hydrogens is 226 g/mol. The summed E-state index contributed by atoms with van der Waals surface area (Å²) in [6.45, 7) is 0.799. The molecule has 0 radical (unpaired) electrons. The number of carbonyl (C=O) groups excluding carboxylic acids is 1. The molecule has 0 aromatic heterocycles. The van der Waals surface area contributed by atoms with Crippen molar-refractivity contribution in [3.05, 3.63) is 24.3 Å². The van der Waals surface area contributed by atoms with Crippen LogP contribution in [0.5, 0.6) is 5.75 Å². The Kier molecular flexibility index (Phi) is 3.67. The van der Waals surface area contributed by atoms with Crippen LogP contribution in [0.4, 0.5) is 5.69 Å². The van der Waals surface area contributed by atoms with E-state index >= 15 is 0 Å². The summed E-state index contributed by atoms with van der Waals surface area (Å²) in [5.41, 5.74) is 0.740. The first-order chi connectivity index (χ1) is 7.78. The molecule has 0 spiro atoms. The maximum atomic E-state index is 11.0. The van der Waals surface area contributed by atoms with E-state index < -0.39 is 0 Å². The highest BCUT2D eigenvalue weighted by Gasteiger charge is 2.21. The quantitative estimate of drug-likeness (QED) is 0.803. The largest absolute Gasteiger partial charge is 0.493 e. The first-order valence-corrected chi connectivity index (χ1v) is 5.90. The molecule has 0 saturated heterocycles. The lowest BCUT2D eigenvalue weighted by Gasteiger charge is -2.06. The number of rotatable bonds is 5. The van der Waals surface area contributed by atoms with Gasteiger partial charge in [0.15, 0.2) is 0 Å². The van der Waals surface area contributed by atoms with Crippen LogP contribution >= 0.6 is 11.6 Å². The average molecular weight is 240 g/mol. The summed E-state index contributed by atoms with van der Waals surface area (Å²) in [7, 11) is 0. The Bertz CT molecular complexity index is 360. The van der Waals surface area contributed by atoms with Crippen molar-refractivity contribution in [2.24, 2.45) is 5.92 Å². The first-order valence-electron chi connectivity index (χ1n) is 5.36. The van der Waals surface area contributed by atoms with Gasteiger partial charge in [-0.25, -0.2) is 0 Å². The lowest BCUT2D eigenvalue weighted by Crippen LogP contribution is -2.12. The van der Waals surface area contributed by atoms with E-state index in [9.17, 15) is 4.79 Å². The number of nitrogens with one attached hydrogen (secondary N) is 1. The van der Waals surface area contributed by atoms with Gasteiger partial charge in [-0.05, 0) is 43.0 Å². The Morgan fingerprint density at radius 3 is 2.62 bits per heavy atom. The molecular formula is C12H14ClNO2. The topological polar surface area (TPSA) is 38.3 Å². The van der Waals surface area contributed by atoms with E-state index in [-0.39, 0.29) is 11.8 Å². The molecule has 16 heavy (non-hydrogen) atoms. The van der Waals surface area contributed by atoms with Crippen LogP contribution in [0.3, 0.4) is 0 Å². The van der Waals surface area contributed by atoms with Crippen molar-refractivity contribution in [3.8, 4) is 5.75 Å². The van der Waals surface area contributed by atoms with Gasteiger partial charge < -0.3 is 10.1 Å². The lowest BCUT2D eigenvalue weighted by molar-refractivity contribution is -0.113. The molecule has 86 valence electrons. The number of hydrogen-bond donors (Lipinski definition) is 1. The Labute approximate surface area is 99.7 Å². The molecule has 1 aromatic carbocycles. The smallest absolute Gasteiger partial charge is 0.239 e. The lowest BCUT2D eigenvalue weighted by atomic mass is 10.3. The number of benzene rings is 1. The SMILES string of the molecule is O=C(CCl)Nc1ccc(OCC2CC2)cc1. The van der Waals surface area contributed by atoms with E-state index in [0.29, 0.717) is 0 Å². The number of anilines is 1. The second-order valence-electron chi connectivity index (χ2n) is 3.96. The van der Waals surface area contributed by atoms with E-state index in [4.69, 9.17) is 16.3 Å². The summed E-state index contributed by atoms with van der Waals surface area (Å²) in [6, 6.07) is 7.33. The molecule has 0 bridgehead atoms. The van der Waals surface area contributed by atoms with Crippen LogP contribution in [-0.2, 0) is 4.79 Å². The normalized spacial score (nSPS) is 14.6. The second-order valence-corrected chi connectivity index (χ2v) is 4.23. The Morgan fingerprint density at radius 2 is 2.06 bits per heavy atom. The zero-order chi connectivity index (χ0) is 11.4. The number of carbonyl (C=O) groups is 1. The van der Waals surface area contributed by atoms with Gasteiger partial charge in [0.25, 0.3) is 0 Å². The predicted octanol–water partition coefficient (Wildman–Crippen LogP) is 2.65. The third-order valence-corrected chi connectivity index (χ3v) is 2.68. The van der Waals surface area contributed by atoms with E-state index in [1.165, 1.54) is 12.8 Å². The molecule has 3 nitrogen and oxygen atoms in total. The molecule has 0 unspecified atom stereocenters. The van der Waals surface area contributed by atoms with E-state index in [2.05, 4.69) is 5.32 Å². The second kappa shape index (κ2) is 5.21. The number of amides is 1. The van der Waals surface area contributed by atoms with Crippen molar-refractivity contribution in [1.29, 1.82) is 0 Å². The highest BCUT2D eigenvalue weighted by Crippen LogP contribution is 2.29. The summed E-state index contributed by atoms with van der Waals surface area (Å²) in [4.78, 5) is 11.0. The summed E-state index contributed by atoms with van der Waals surface area (Å²) in [6.07, 6.45) is 2.56. The van der Waals surface area contributed by atoms with Crippen molar-refractivity contribution in [3.63, 3.8) is 0 Å². The van der Waals surface area contributed by atoms with Crippen molar-refractivity contribution in [2.75, 3.05) is 17.8 Å². The fraction of sp³-hybridized carbons (Fsp3) is 0.417. The van der Waals surface area contributed by atoms with Crippen LogP contribution in [0.25, 0.3) is 0 Å². The van der Waals surface area contributed by atoms with Crippen LogP contribution in [0, 0.1) is 5.92 Å². The molecule has 2 rings (SSSR count). The van der Waals surface area contributed by atoms with Gasteiger partial charge in [-0.15, -0.1) is 11.6 Å². The fourth-order valence-corrected chi connectivity index (χ4v) is 1.39. The predicted molar refractivity (Wildman–Crippen MR) is 64.0 cm³/mol. The number of halogens is 1. The van der Waals surface area contributed by atoms with Crippen LogP contribution in [-0.4, -0.2) is 18.4 Å². The molecule has 1 aliphatic carbocycles. The molecule has 0 heterocycles. The van der Waals surface area contributed by atoms with Crippen LogP contribution < -0.4 is 10.1 Å². The minimum Gasteiger partial charge on any atom is -0.493 e. The fourth-order valence-electron chi connectivity index (χ4n) is 1.33. The van der Waals surface area contributed by atoms with Crippen LogP contribution in [0.2, 0.25) is 0 Å². The third-order valence-electron chi connectivity index (χ3n) is 2.44.